The zero-order chi connectivity index (χ0) is 10.6. The minimum Gasteiger partial charge on any atom is -0.265 e. The molecule has 0 saturated heterocycles. The Morgan fingerprint density at radius 2 is 1.86 bits per heavy atom. The Kier molecular flexibility index (Phi) is 3.52. The van der Waals surface area contributed by atoms with Gasteiger partial charge in [0.15, 0.2) is 0 Å². The first-order valence-corrected chi connectivity index (χ1v) is 4.79. The quantitative estimate of drug-likeness (QED) is 0.549. The second kappa shape index (κ2) is 4.66. The molecule has 1 heterocycles. The van der Waals surface area contributed by atoms with Crippen LogP contribution in [-0.2, 0) is 0 Å². The summed E-state index contributed by atoms with van der Waals surface area (Å²) in [7, 11) is 0. The van der Waals surface area contributed by atoms with Crippen molar-refractivity contribution >= 4 is 11.3 Å². The molecule has 1 aromatic rings. The molecule has 0 aliphatic rings. The Hall–Kier alpha value is -1.50. The summed E-state index contributed by atoms with van der Waals surface area (Å²) in [5.74, 6) is -0.619. The maximum Gasteiger partial charge on any atom is 0.217 e. The maximum absolute atomic E-state index is 10.3. The fraction of sp³-hybridized carbons (Fsp3) is 0.429. The maximum atomic E-state index is 10.3. The number of nitrogens with zero attached hydrogens (tertiary/aromatic N) is 2. The highest BCUT2D eigenvalue weighted by atomic mass is 32.1. The number of nitro groups is 2. The molecule has 0 bridgehead atoms. The second-order valence-electron chi connectivity index (χ2n) is 2.78. The van der Waals surface area contributed by atoms with Gasteiger partial charge in [-0.05, 0) is 22.4 Å². The van der Waals surface area contributed by atoms with E-state index in [1.54, 1.807) is 16.8 Å². The van der Waals surface area contributed by atoms with E-state index in [0.29, 0.717) is 5.56 Å². The van der Waals surface area contributed by atoms with Crippen LogP contribution in [0, 0.1) is 20.2 Å². The number of hydrogen-bond acceptors (Lipinski definition) is 5. The predicted octanol–water partition coefficient (Wildman–Crippen LogP) is 1.39. The molecule has 0 amide bonds. The standard InChI is InChI=1S/C7H8N2O4S/c10-8(11)3-7(4-9(12)13)6-1-2-14-5-6/h1-2,5,7H,3-4H2. The van der Waals surface area contributed by atoms with Crippen LogP contribution in [0.5, 0.6) is 0 Å². The Balaban J connectivity index is 2.71. The van der Waals surface area contributed by atoms with Crippen LogP contribution in [-0.4, -0.2) is 22.9 Å². The third kappa shape index (κ3) is 3.09. The van der Waals surface area contributed by atoms with E-state index in [4.69, 9.17) is 0 Å². The van der Waals surface area contributed by atoms with Crippen molar-refractivity contribution in [2.45, 2.75) is 5.92 Å². The molecule has 0 spiro atoms. The average Bonchev–Trinajstić information content (AvgIpc) is 2.52. The topological polar surface area (TPSA) is 86.3 Å². The Bertz CT molecular complexity index is 308. The van der Waals surface area contributed by atoms with Gasteiger partial charge >= 0.3 is 0 Å². The van der Waals surface area contributed by atoms with Crippen molar-refractivity contribution in [2.75, 3.05) is 13.1 Å². The first-order valence-electron chi connectivity index (χ1n) is 3.85. The molecule has 76 valence electrons. The van der Waals surface area contributed by atoms with Crippen molar-refractivity contribution in [3.63, 3.8) is 0 Å². The monoisotopic (exact) mass is 216 g/mol. The number of thiophene rings is 1. The molecule has 0 radical (unpaired) electrons. The van der Waals surface area contributed by atoms with Crippen molar-refractivity contribution in [1.82, 2.24) is 0 Å². The first kappa shape index (κ1) is 10.6. The summed E-state index contributed by atoms with van der Waals surface area (Å²) in [6, 6.07) is 1.68. The SMILES string of the molecule is O=[N+]([O-])CC(C[N+](=O)[O-])c1ccsc1. The van der Waals surface area contributed by atoms with Gasteiger partial charge in [0.1, 0.15) is 5.92 Å². The summed E-state index contributed by atoms with van der Waals surface area (Å²) in [4.78, 5) is 19.5. The third-order valence-corrected chi connectivity index (χ3v) is 2.45. The van der Waals surface area contributed by atoms with E-state index < -0.39 is 28.9 Å². The van der Waals surface area contributed by atoms with E-state index in [9.17, 15) is 20.2 Å². The smallest absolute Gasteiger partial charge is 0.217 e. The molecule has 1 rings (SSSR count). The van der Waals surface area contributed by atoms with E-state index in [1.165, 1.54) is 11.3 Å². The Morgan fingerprint density at radius 1 is 1.29 bits per heavy atom. The number of rotatable bonds is 5. The van der Waals surface area contributed by atoms with Gasteiger partial charge in [-0.15, -0.1) is 0 Å². The Morgan fingerprint density at radius 3 is 2.21 bits per heavy atom. The summed E-state index contributed by atoms with van der Waals surface area (Å²) in [6.45, 7) is -0.782. The van der Waals surface area contributed by atoms with Crippen LogP contribution in [0.25, 0.3) is 0 Å². The molecule has 0 aliphatic carbocycles. The van der Waals surface area contributed by atoms with Gasteiger partial charge in [0.25, 0.3) is 0 Å². The zero-order valence-corrected chi connectivity index (χ0v) is 7.98. The van der Waals surface area contributed by atoms with E-state index in [1.807, 2.05) is 0 Å². The van der Waals surface area contributed by atoms with Gasteiger partial charge in [-0.3, -0.25) is 20.2 Å². The fourth-order valence-corrected chi connectivity index (χ4v) is 1.88. The van der Waals surface area contributed by atoms with Crippen molar-refractivity contribution in [3.8, 4) is 0 Å². The van der Waals surface area contributed by atoms with E-state index in [2.05, 4.69) is 0 Å². The summed E-state index contributed by atoms with van der Waals surface area (Å²) in [6.07, 6.45) is 0. The van der Waals surface area contributed by atoms with Crippen molar-refractivity contribution in [2.24, 2.45) is 0 Å². The average molecular weight is 216 g/mol. The van der Waals surface area contributed by atoms with Gasteiger partial charge in [0.2, 0.25) is 13.1 Å². The molecule has 0 aliphatic heterocycles. The van der Waals surface area contributed by atoms with Crippen molar-refractivity contribution in [3.05, 3.63) is 42.6 Å². The molecule has 0 N–H and O–H groups in total. The van der Waals surface area contributed by atoms with Crippen molar-refractivity contribution < 1.29 is 9.85 Å². The molecule has 0 unspecified atom stereocenters. The lowest BCUT2D eigenvalue weighted by Gasteiger charge is -2.05. The van der Waals surface area contributed by atoms with Gasteiger partial charge in [0.05, 0.1) is 0 Å². The summed E-state index contributed by atoms with van der Waals surface area (Å²) >= 11 is 1.38. The molecule has 0 aromatic carbocycles. The van der Waals surface area contributed by atoms with Gasteiger partial charge < -0.3 is 0 Å². The normalized spacial score (nSPS) is 10.4. The lowest BCUT2D eigenvalue weighted by molar-refractivity contribution is -0.516. The Labute approximate surface area is 83.5 Å². The van der Waals surface area contributed by atoms with Crippen LogP contribution in [0.2, 0.25) is 0 Å². The summed E-state index contributed by atoms with van der Waals surface area (Å²) in [5, 5.41) is 24.0. The molecule has 7 heteroatoms. The number of hydrogen-bond donors (Lipinski definition) is 0. The molecule has 14 heavy (non-hydrogen) atoms. The lowest BCUT2D eigenvalue weighted by atomic mass is 10.0. The first-order chi connectivity index (χ1) is 6.59. The molecular formula is C7H8N2O4S. The fourth-order valence-electron chi connectivity index (χ4n) is 1.14. The van der Waals surface area contributed by atoms with E-state index >= 15 is 0 Å². The van der Waals surface area contributed by atoms with Crippen molar-refractivity contribution in [1.29, 1.82) is 0 Å². The highest BCUT2D eigenvalue weighted by Crippen LogP contribution is 2.19. The largest absolute Gasteiger partial charge is 0.265 e. The van der Waals surface area contributed by atoms with Gasteiger partial charge in [0, 0.05) is 9.85 Å². The predicted molar refractivity (Wildman–Crippen MR) is 50.8 cm³/mol. The zero-order valence-electron chi connectivity index (χ0n) is 7.16. The van der Waals surface area contributed by atoms with Gasteiger partial charge in [-0.1, -0.05) is 0 Å². The molecule has 1 aromatic heterocycles. The van der Waals surface area contributed by atoms with Crippen LogP contribution >= 0.6 is 11.3 Å². The molecular weight excluding hydrogens is 208 g/mol. The lowest BCUT2D eigenvalue weighted by Crippen LogP contribution is -2.20. The van der Waals surface area contributed by atoms with Crippen LogP contribution in [0.4, 0.5) is 0 Å². The van der Waals surface area contributed by atoms with E-state index in [-0.39, 0.29) is 0 Å². The molecule has 0 saturated carbocycles. The van der Waals surface area contributed by atoms with E-state index in [0.717, 1.165) is 0 Å². The minimum atomic E-state index is -0.619. The van der Waals surface area contributed by atoms with Crippen LogP contribution in [0.3, 0.4) is 0 Å². The summed E-state index contributed by atoms with van der Waals surface area (Å²) < 4.78 is 0. The van der Waals surface area contributed by atoms with Gasteiger partial charge in [-0.25, -0.2) is 0 Å². The highest BCUT2D eigenvalue weighted by molar-refractivity contribution is 7.07. The third-order valence-electron chi connectivity index (χ3n) is 1.75. The molecule has 0 atom stereocenters. The molecule has 6 nitrogen and oxygen atoms in total. The molecule has 0 fully saturated rings. The van der Waals surface area contributed by atoms with Crippen LogP contribution in [0.1, 0.15) is 11.5 Å². The summed E-state index contributed by atoms with van der Waals surface area (Å²) in [5.41, 5.74) is 0.670. The van der Waals surface area contributed by atoms with Crippen LogP contribution < -0.4 is 0 Å². The van der Waals surface area contributed by atoms with Crippen LogP contribution in [0.15, 0.2) is 16.8 Å². The van der Waals surface area contributed by atoms with Gasteiger partial charge in [-0.2, -0.15) is 11.3 Å². The highest BCUT2D eigenvalue weighted by Gasteiger charge is 2.23. The minimum absolute atomic E-state index is 0.391. The second-order valence-corrected chi connectivity index (χ2v) is 3.56.